The van der Waals surface area contributed by atoms with Crippen LogP contribution in [0.4, 0.5) is 0 Å². The lowest BCUT2D eigenvalue weighted by Gasteiger charge is -2.09. The largest absolute Gasteiger partial charge is 0.494 e. The summed E-state index contributed by atoms with van der Waals surface area (Å²) in [4.78, 5) is 13.8. The summed E-state index contributed by atoms with van der Waals surface area (Å²) in [6.45, 7) is 2.59. The maximum atomic E-state index is 6.34. The van der Waals surface area contributed by atoms with Gasteiger partial charge in [0.05, 0.1) is 12.3 Å². The highest BCUT2D eigenvalue weighted by Crippen LogP contribution is 2.38. The van der Waals surface area contributed by atoms with Crippen molar-refractivity contribution in [1.29, 1.82) is 0 Å². The Hall–Kier alpha value is -4.25. The lowest BCUT2D eigenvalue weighted by molar-refractivity contribution is 0.340. The third-order valence-electron chi connectivity index (χ3n) is 5.05. The van der Waals surface area contributed by atoms with Gasteiger partial charge in [-0.15, -0.1) is 0 Å². The molecule has 5 aromatic rings. The fraction of sp³-hybridized carbons (Fsp3) is 0.0741. The molecular formula is C27H21N3O2. The predicted molar refractivity (Wildman–Crippen MR) is 125 cm³/mol. The number of benzene rings is 2. The van der Waals surface area contributed by atoms with E-state index in [0.717, 1.165) is 28.1 Å². The number of rotatable bonds is 6. The van der Waals surface area contributed by atoms with Crippen LogP contribution in [0.5, 0.6) is 5.75 Å². The number of nitrogens with zero attached hydrogens (tertiary/aromatic N) is 3. The van der Waals surface area contributed by atoms with Crippen molar-refractivity contribution in [3.63, 3.8) is 0 Å². The Kier molecular flexibility index (Phi) is 5.45. The van der Waals surface area contributed by atoms with E-state index in [1.807, 2.05) is 79.7 Å². The molecule has 0 fully saturated rings. The van der Waals surface area contributed by atoms with E-state index in [4.69, 9.17) is 14.1 Å². The van der Waals surface area contributed by atoms with Crippen LogP contribution in [0.3, 0.4) is 0 Å². The van der Waals surface area contributed by atoms with E-state index >= 15 is 0 Å². The highest BCUT2D eigenvalue weighted by molar-refractivity contribution is 5.83. The molecule has 0 aliphatic heterocycles. The second kappa shape index (κ2) is 8.86. The van der Waals surface area contributed by atoms with Crippen LogP contribution in [-0.4, -0.2) is 21.6 Å². The van der Waals surface area contributed by atoms with Gasteiger partial charge in [0.1, 0.15) is 17.1 Å². The van der Waals surface area contributed by atoms with Gasteiger partial charge in [0.15, 0.2) is 5.76 Å². The standard InChI is InChI=1S/C27H21N3O2/c1-2-31-20-11-9-10-19(18-20)21-12-3-4-13-22(21)27-30-25(23-14-5-7-16-28-23)26(32-27)24-15-6-8-17-29-24/h3-18H,2H2,1H3. The summed E-state index contributed by atoms with van der Waals surface area (Å²) >= 11 is 0. The molecule has 0 saturated heterocycles. The Bertz CT molecular complexity index is 1270. The molecule has 5 nitrogen and oxygen atoms in total. The third-order valence-corrected chi connectivity index (χ3v) is 5.05. The Morgan fingerprint density at radius 3 is 2.19 bits per heavy atom. The van der Waals surface area contributed by atoms with Crippen LogP contribution in [0.2, 0.25) is 0 Å². The number of aromatic nitrogens is 3. The third kappa shape index (κ3) is 3.88. The summed E-state index contributed by atoms with van der Waals surface area (Å²) in [6, 6.07) is 27.6. The van der Waals surface area contributed by atoms with Crippen molar-refractivity contribution in [3.05, 3.63) is 97.3 Å². The van der Waals surface area contributed by atoms with Gasteiger partial charge in [-0.2, -0.15) is 0 Å². The Morgan fingerprint density at radius 2 is 1.47 bits per heavy atom. The minimum absolute atomic E-state index is 0.517. The van der Waals surface area contributed by atoms with Crippen molar-refractivity contribution in [1.82, 2.24) is 15.0 Å². The minimum Gasteiger partial charge on any atom is -0.494 e. The van der Waals surface area contributed by atoms with Crippen LogP contribution in [0, 0.1) is 0 Å². The van der Waals surface area contributed by atoms with E-state index in [-0.39, 0.29) is 0 Å². The van der Waals surface area contributed by atoms with Crippen LogP contribution in [0.15, 0.2) is 102 Å². The maximum absolute atomic E-state index is 6.34. The molecule has 3 aromatic heterocycles. The van der Waals surface area contributed by atoms with Crippen molar-refractivity contribution >= 4 is 0 Å². The summed E-state index contributed by atoms with van der Waals surface area (Å²) in [5.41, 5.74) is 5.04. The monoisotopic (exact) mass is 419 g/mol. The van der Waals surface area contributed by atoms with Crippen molar-refractivity contribution in [2.24, 2.45) is 0 Å². The topological polar surface area (TPSA) is 61.0 Å². The van der Waals surface area contributed by atoms with E-state index in [1.54, 1.807) is 12.4 Å². The lowest BCUT2D eigenvalue weighted by atomic mass is 9.99. The second-order valence-corrected chi connectivity index (χ2v) is 7.13. The summed E-state index contributed by atoms with van der Waals surface area (Å²) < 4.78 is 12.0. The first kappa shape index (κ1) is 19.7. The fourth-order valence-electron chi connectivity index (χ4n) is 3.62. The average Bonchev–Trinajstić information content (AvgIpc) is 3.31. The molecule has 0 radical (unpaired) electrons. The van der Waals surface area contributed by atoms with Gasteiger partial charge in [-0.05, 0) is 60.5 Å². The van der Waals surface area contributed by atoms with Crippen LogP contribution >= 0.6 is 0 Å². The molecule has 32 heavy (non-hydrogen) atoms. The molecular weight excluding hydrogens is 398 g/mol. The fourth-order valence-corrected chi connectivity index (χ4v) is 3.62. The number of oxazole rings is 1. The molecule has 0 atom stereocenters. The Labute approximate surface area is 186 Å². The van der Waals surface area contributed by atoms with Crippen LogP contribution < -0.4 is 4.74 Å². The molecule has 0 saturated carbocycles. The maximum Gasteiger partial charge on any atom is 0.228 e. The SMILES string of the molecule is CCOc1cccc(-c2ccccc2-c2nc(-c3ccccn3)c(-c3ccccn3)o2)c1. The van der Waals surface area contributed by atoms with Crippen LogP contribution in [0.1, 0.15) is 6.92 Å². The number of hydrogen-bond donors (Lipinski definition) is 0. The predicted octanol–water partition coefficient (Wildman–Crippen LogP) is 6.53. The van der Waals surface area contributed by atoms with E-state index in [1.165, 1.54) is 0 Å². The van der Waals surface area contributed by atoms with Crippen molar-refractivity contribution in [2.45, 2.75) is 6.92 Å². The van der Waals surface area contributed by atoms with Gasteiger partial charge in [-0.25, -0.2) is 4.98 Å². The highest BCUT2D eigenvalue weighted by atomic mass is 16.5. The zero-order valence-electron chi connectivity index (χ0n) is 17.6. The molecule has 0 N–H and O–H groups in total. The van der Waals surface area contributed by atoms with Gasteiger partial charge in [-0.1, -0.05) is 42.5 Å². The summed E-state index contributed by atoms with van der Waals surface area (Å²) in [5.74, 6) is 1.94. The van der Waals surface area contributed by atoms with Gasteiger partial charge in [0, 0.05) is 18.0 Å². The zero-order valence-corrected chi connectivity index (χ0v) is 17.6. The van der Waals surface area contributed by atoms with E-state index in [0.29, 0.717) is 29.6 Å². The number of ether oxygens (including phenoxy) is 1. The van der Waals surface area contributed by atoms with Gasteiger partial charge in [0.25, 0.3) is 0 Å². The molecule has 0 aliphatic rings. The quantitative estimate of drug-likeness (QED) is 0.313. The Balaban J connectivity index is 1.67. The lowest BCUT2D eigenvalue weighted by Crippen LogP contribution is -1.92. The highest BCUT2D eigenvalue weighted by Gasteiger charge is 2.21. The summed E-state index contributed by atoms with van der Waals surface area (Å²) in [6.07, 6.45) is 3.49. The molecule has 0 bridgehead atoms. The van der Waals surface area contributed by atoms with E-state index in [9.17, 15) is 0 Å². The molecule has 156 valence electrons. The normalized spacial score (nSPS) is 10.8. The van der Waals surface area contributed by atoms with Crippen LogP contribution in [-0.2, 0) is 0 Å². The molecule has 0 aliphatic carbocycles. The zero-order chi connectivity index (χ0) is 21.8. The first-order chi connectivity index (χ1) is 15.8. The molecule has 0 spiro atoms. The first-order valence-electron chi connectivity index (χ1n) is 10.5. The second-order valence-electron chi connectivity index (χ2n) is 7.13. The summed E-state index contributed by atoms with van der Waals surface area (Å²) in [5, 5.41) is 0. The molecule has 5 heteroatoms. The average molecular weight is 419 g/mol. The molecule has 5 rings (SSSR count). The smallest absolute Gasteiger partial charge is 0.228 e. The van der Waals surface area contributed by atoms with Gasteiger partial charge in [-0.3, -0.25) is 9.97 Å². The Morgan fingerprint density at radius 1 is 0.750 bits per heavy atom. The van der Waals surface area contributed by atoms with E-state index < -0.39 is 0 Å². The molecule has 2 aromatic carbocycles. The van der Waals surface area contributed by atoms with Crippen molar-refractivity contribution < 1.29 is 9.15 Å². The van der Waals surface area contributed by atoms with Crippen molar-refractivity contribution in [2.75, 3.05) is 6.61 Å². The first-order valence-corrected chi connectivity index (χ1v) is 10.5. The number of pyridine rings is 2. The van der Waals surface area contributed by atoms with Crippen molar-refractivity contribution in [3.8, 4) is 51.2 Å². The summed E-state index contributed by atoms with van der Waals surface area (Å²) in [7, 11) is 0. The minimum atomic E-state index is 0.517. The molecule has 0 amide bonds. The molecule has 3 heterocycles. The van der Waals surface area contributed by atoms with Gasteiger partial charge < -0.3 is 9.15 Å². The van der Waals surface area contributed by atoms with Gasteiger partial charge >= 0.3 is 0 Å². The van der Waals surface area contributed by atoms with Gasteiger partial charge in [0.2, 0.25) is 5.89 Å². The van der Waals surface area contributed by atoms with Crippen LogP contribution in [0.25, 0.3) is 45.4 Å². The van der Waals surface area contributed by atoms with E-state index in [2.05, 4.69) is 22.1 Å². The molecule has 0 unspecified atom stereocenters. The number of hydrogen-bond acceptors (Lipinski definition) is 5.